The zero-order valence-corrected chi connectivity index (χ0v) is 14.6. The summed E-state index contributed by atoms with van der Waals surface area (Å²) < 4.78 is 38.9. The highest BCUT2D eigenvalue weighted by molar-refractivity contribution is 8.03. The standard InChI is InChI=1S/C19H20F3NOS/c20-19(21,22)25-18(15-9-5-2-6-10-15)16(13-23)11-12-17(24)14-7-3-1-4-8-14/h1,3-4,7-8,15H,2,5-6,9-12H2/b18-16+. The van der Waals surface area contributed by atoms with Crippen LogP contribution in [0.15, 0.2) is 40.8 Å². The minimum Gasteiger partial charge on any atom is -0.294 e. The molecule has 6 heteroatoms. The van der Waals surface area contributed by atoms with Gasteiger partial charge in [0.05, 0.1) is 6.07 Å². The molecule has 2 rings (SSSR count). The lowest BCUT2D eigenvalue weighted by molar-refractivity contribution is -0.0324. The van der Waals surface area contributed by atoms with Crippen molar-refractivity contribution in [3.8, 4) is 6.07 Å². The first-order chi connectivity index (χ1) is 11.9. The highest BCUT2D eigenvalue weighted by atomic mass is 32.2. The van der Waals surface area contributed by atoms with E-state index in [2.05, 4.69) is 0 Å². The van der Waals surface area contributed by atoms with Crippen LogP contribution in [0, 0.1) is 17.2 Å². The lowest BCUT2D eigenvalue weighted by Gasteiger charge is -2.25. The number of nitrogens with zero attached hydrogens (tertiary/aromatic N) is 1. The van der Waals surface area contributed by atoms with Crippen molar-refractivity contribution >= 4 is 17.5 Å². The fourth-order valence-electron chi connectivity index (χ4n) is 3.12. The normalized spacial score (nSPS) is 16.9. The van der Waals surface area contributed by atoms with Crippen molar-refractivity contribution in [3.63, 3.8) is 0 Å². The Bertz CT molecular complexity index is 655. The Labute approximate surface area is 150 Å². The third kappa shape index (κ3) is 6.24. The lowest BCUT2D eigenvalue weighted by Crippen LogP contribution is -2.13. The van der Waals surface area contributed by atoms with Crippen molar-refractivity contribution in [1.82, 2.24) is 0 Å². The highest BCUT2D eigenvalue weighted by Gasteiger charge is 2.35. The molecule has 134 valence electrons. The maximum absolute atomic E-state index is 13.0. The minimum absolute atomic E-state index is 0.0432. The van der Waals surface area contributed by atoms with Crippen LogP contribution in [-0.4, -0.2) is 11.3 Å². The molecule has 0 bridgehead atoms. The van der Waals surface area contributed by atoms with Crippen LogP contribution in [0.4, 0.5) is 13.2 Å². The molecular formula is C19H20F3NOS. The number of alkyl halides is 3. The number of hydrogen-bond donors (Lipinski definition) is 0. The Morgan fingerprint density at radius 2 is 1.76 bits per heavy atom. The van der Waals surface area contributed by atoms with E-state index in [0.717, 1.165) is 19.3 Å². The number of allylic oxidation sites excluding steroid dienone is 2. The van der Waals surface area contributed by atoms with E-state index >= 15 is 0 Å². The Morgan fingerprint density at radius 1 is 1.12 bits per heavy atom. The predicted molar refractivity (Wildman–Crippen MR) is 92.9 cm³/mol. The monoisotopic (exact) mass is 367 g/mol. The second kappa shape index (κ2) is 9.10. The van der Waals surface area contributed by atoms with Gasteiger partial charge in [0.2, 0.25) is 0 Å². The van der Waals surface area contributed by atoms with Crippen LogP contribution in [-0.2, 0) is 0 Å². The fraction of sp³-hybridized carbons (Fsp3) is 0.474. The molecule has 0 radical (unpaired) electrons. The summed E-state index contributed by atoms with van der Waals surface area (Å²) in [6, 6.07) is 10.5. The van der Waals surface area contributed by atoms with E-state index in [4.69, 9.17) is 0 Å². The van der Waals surface area contributed by atoms with Gasteiger partial charge < -0.3 is 0 Å². The third-order valence-electron chi connectivity index (χ3n) is 4.33. The highest BCUT2D eigenvalue weighted by Crippen LogP contribution is 2.46. The van der Waals surface area contributed by atoms with Crippen molar-refractivity contribution < 1.29 is 18.0 Å². The first-order valence-corrected chi connectivity index (χ1v) is 9.19. The van der Waals surface area contributed by atoms with Crippen molar-refractivity contribution in [2.75, 3.05) is 0 Å². The molecule has 1 aliphatic rings. The number of benzene rings is 1. The first-order valence-electron chi connectivity index (χ1n) is 8.38. The van der Waals surface area contributed by atoms with Crippen LogP contribution in [0.5, 0.6) is 0 Å². The van der Waals surface area contributed by atoms with Crippen LogP contribution >= 0.6 is 11.8 Å². The summed E-state index contributed by atoms with van der Waals surface area (Å²) in [4.78, 5) is 12.3. The summed E-state index contributed by atoms with van der Waals surface area (Å²) in [5, 5.41) is 9.41. The topological polar surface area (TPSA) is 40.9 Å². The lowest BCUT2D eigenvalue weighted by atomic mass is 9.87. The van der Waals surface area contributed by atoms with Gasteiger partial charge in [-0.15, -0.1) is 0 Å². The second-order valence-electron chi connectivity index (χ2n) is 6.13. The molecule has 0 aromatic heterocycles. The molecule has 0 atom stereocenters. The van der Waals surface area contributed by atoms with E-state index in [1.807, 2.05) is 6.07 Å². The van der Waals surface area contributed by atoms with Crippen molar-refractivity contribution in [2.45, 2.75) is 50.5 Å². The van der Waals surface area contributed by atoms with Crippen molar-refractivity contribution in [2.24, 2.45) is 5.92 Å². The van der Waals surface area contributed by atoms with E-state index in [0.29, 0.717) is 18.4 Å². The Hall–Kier alpha value is -1.74. The summed E-state index contributed by atoms with van der Waals surface area (Å²) in [5.74, 6) is -0.379. The van der Waals surface area contributed by atoms with E-state index in [9.17, 15) is 23.2 Å². The van der Waals surface area contributed by atoms with E-state index in [1.165, 1.54) is 0 Å². The van der Waals surface area contributed by atoms with Crippen LogP contribution in [0.2, 0.25) is 0 Å². The zero-order valence-electron chi connectivity index (χ0n) is 13.8. The summed E-state index contributed by atoms with van der Waals surface area (Å²) in [7, 11) is 0. The van der Waals surface area contributed by atoms with Crippen molar-refractivity contribution in [3.05, 3.63) is 46.4 Å². The van der Waals surface area contributed by atoms with E-state index < -0.39 is 5.51 Å². The number of rotatable bonds is 6. The summed E-state index contributed by atoms with van der Waals surface area (Å²) in [6.07, 6.45) is 4.24. The largest absolute Gasteiger partial charge is 0.446 e. The smallest absolute Gasteiger partial charge is 0.294 e. The van der Waals surface area contributed by atoms with Gasteiger partial charge in [-0.1, -0.05) is 49.6 Å². The first kappa shape index (κ1) is 19.6. The average molecular weight is 367 g/mol. The van der Waals surface area contributed by atoms with Gasteiger partial charge in [0.15, 0.2) is 5.78 Å². The summed E-state index contributed by atoms with van der Waals surface area (Å²) >= 11 is -0.166. The van der Waals surface area contributed by atoms with Crippen LogP contribution in [0.1, 0.15) is 55.3 Å². The molecule has 1 fully saturated rings. The molecular weight excluding hydrogens is 347 g/mol. The predicted octanol–water partition coefficient (Wildman–Crippen LogP) is 6.26. The quantitative estimate of drug-likeness (QED) is 0.440. The van der Waals surface area contributed by atoms with Crippen LogP contribution in [0.3, 0.4) is 0 Å². The van der Waals surface area contributed by atoms with Crippen LogP contribution < -0.4 is 0 Å². The number of thioether (sulfide) groups is 1. The number of Topliss-reactive ketones (excluding diaryl/α,β-unsaturated/α-hetero) is 1. The molecule has 1 saturated carbocycles. The van der Waals surface area contributed by atoms with Gasteiger partial charge in [0.1, 0.15) is 0 Å². The zero-order chi connectivity index (χ0) is 18.3. The molecule has 0 saturated heterocycles. The molecule has 0 aliphatic heterocycles. The van der Waals surface area contributed by atoms with Gasteiger partial charge in [-0.2, -0.15) is 18.4 Å². The average Bonchev–Trinajstić information content (AvgIpc) is 2.61. The molecule has 0 heterocycles. The Morgan fingerprint density at radius 3 is 2.32 bits per heavy atom. The molecule has 1 aromatic carbocycles. The van der Waals surface area contributed by atoms with Gasteiger partial charge in [-0.3, -0.25) is 4.79 Å². The fourth-order valence-corrected chi connectivity index (χ4v) is 4.04. The maximum atomic E-state index is 13.0. The molecule has 1 aromatic rings. The number of ketones is 1. The van der Waals surface area contributed by atoms with Gasteiger partial charge in [-0.25, -0.2) is 0 Å². The number of hydrogen-bond acceptors (Lipinski definition) is 3. The molecule has 1 aliphatic carbocycles. The second-order valence-corrected chi connectivity index (χ2v) is 7.23. The van der Waals surface area contributed by atoms with Gasteiger partial charge in [0, 0.05) is 22.5 Å². The van der Waals surface area contributed by atoms with Crippen molar-refractivity contribution in [1.29, 1.82) is 5.26 Å². The molecule has 25 heavy (non-hydrogen) atoms. The van der Waals surface area contributed by atoms with Crippen LogP contribution in [0.25, 0.3) is 0 Å². The van der Waals surface area contributed by atoms with Gasteiger partial charge >= 0.3 is 5.51 Å². The number of halogens is 3. The maximum Gasteiger partial charge on any atom is 0.446 e. The molecule has 0 unspecified atom stereocenters. The molecule has 2 nitrogen and oxygen atoms in total. The number of carbonyl (C=O) groups is 1. The summed E-state index contributed by atoms with van der Waals surface area (Å²) in [5.41, 5.74) is -3.79. The number of carbonyl (C=O) groups excluding carboxylic acids is 1. The van der Waals surface area contributed by atoms with Gasteiger partial charge in [0.25, 0.3) is 0 Å². The van der Waals surface area contributed by atoms with E-state index in [-0.39, 0.29) is 46.8 Å². The minimum atomic E-state index is -4.42. The van der Waals surface area contributed by atoms with E-state index in [1.54, 1.807) is 30.3 Å². The van der Waals surface area contributed by atoms with Gasteiger partial charge in [-0.05, 0) is 36.9 Å². The third-order valence-corrected chi connectivity index (χ3v) is 5.36. The Balaban J connectivity index is 2.17. The molecule has 0 N–H and O–H groups in total. The SMILES string of the molecule is N#C/C(CCC(=O)c1ccccc1)=C(/SC(F)(F)F)C1CCCCC1. The Kier molecular flexibility index (Phi) is 7.12. The summed E-state index contributed by atoms with van der Waals surface area (Å²) in [6.45, 7) is 0. The molecule has 0 spiro atoms. The number of nitriles is 1. The molecule has 0 amide bonds.